The molecule has 1 aliphatic rings. The van der Waals surface area contributed by atoms with E-state index in [1.54, 1.807) is 7.11 Å². The molecule has 6 nitrogen and oxygen atoms in total. The highest BCUT2D eigenvalue weighted by Gasteiger charge is 2.21. The lowest BCUT2D eigenvalue weighted by Crippen LogP contribution is -2.48. The normalized spacial score (nSPS) is 16.5. The number of carbonyl (C=O) groups excluding carboxylic acids is 1. The van der Waals surface area contributed by atoms with Crippen molar-refractivity contribution in [3.8, 4) is 5.75 Å². The van der Waals surface area contributed by atoms with E-state index in [-0.39, 0.29) is 11.8 Å². The van der Waals surface area contributed by atoms with Crippen LogP contribution in [0.1, 0.15) is 17.0 Å². The molecule has 6 heteroatoms. The van der Waals surface area contributed by atoms with Gasteiger partial charge in [0.25, 0.3) is 0 Å². The van der Waals surface area contributed by atoms with E-state index in [0.717, 1.165) is 43.0 Å². The topological polar surface area (TPSA) is 60.6 Å². The van der Waals surface area contributed by atoms with E-state index in [1.165, 1.54) is 10.9 Å². The summed E-state index contributed by atoms with van der Waals surface area (Å²) in [6.45, 7) is 4.91. The van der Waals surface area contributed by atoms with Crippen molar-refractivity contribution in [2.75, 3.05) is 53.4 Å². The SMILES string of the molecule is COc1ccc([C@@H](CNC(=O)CN2CCN(C)CC2)c2c[nH]c3ccccc23)cc1. The number of ether oxygens (including phenoxy) is 1. The van der Waals surface area contributed by atoms with Gasteiger partial charge in [0, 0.05) is 55.7 Å². The van der Waals surface area contributed by atoms with Crippen molar-refractivity contribution in [2.24, 2.45) is 0 Å². The predicted molar refractivity (Wildman–Crippen MR) is 120 cm³/mol. The second-order valence-electron chi connectivity index (χ2n) is 8.00. The first-order chi connectivity index (χ1) is 14.6. The second-order valence-corrected chi connectivity index (χ2v) is 8.00. The molecule has 2 heterocycles. The molecule has 158 valence electrons. The van der Waals surface area contributed by atoms with Crippen molar-refractivity contribution in [2.45, 2.75) is 5.92 Å². The number of nitrogens with one attached hydrogen (secondary N) is 2. The van der Waals surface area contributed by atoms with E-state index < -0.39 is 0 Å². The van der Waals surface area contributed by atoms with Crippen molar-refractivity contribution >= 4 is 16.8 Å². The van der Waals surface area contributed by atoms with E-state index in [0.29, 0.717) is 13.1 Å². The number of piperazine rings is 1. The number of carbonyl (C=O) groups is 1. The van der Waals surface area contributed by atoms with Crippen molar-refractivity contribution in [3.63, 3.8) is 0 Å². The molecule has 0 aliphatic carbocycles. The Kier molecular flexibility index (Phi) is 6.35. The third kappa shape index (κ3) is 4.66. The molecule has 0 spiro atoms. The fraction of sp³-hybridized carbons (Fsp3) is 0.375. The number of H-pyrrole nitrogens is 1. The van der Waals surface area contributed by atoms with Crippen molar-refractivity contribution in [1.29, 1.82) is 0 Å². The first kappa shape index (κ1) is 20.4. The molecule has 1 aliphatic heterocycles. The van der Waals surface area contributed by atoms with Crippen LogP contribution in [0.15, 0.2) is 54.7 Å². The lowest BCUT2D eigenvalue weighted by atomic mass is 9.90. The van der Waals surface area contributed by atoms with Crippen LogP contribution >= 0.6 is 0 Å². The van der Waals surface area contributed by atoms with Crippen LogP contribution < -0.4 is 10.1 Å². The highest BCUT2D eigenvalue weighted by Crippen LogP contribution is 2.31. The number of amides is 1. The third-order valence-electron chi connectivity index (χ3n) is 5.98. The quantitative estimate of drug-likeness (QED) is 0.633. The molecule has 0 unspecified atom stereocenters. The smallest absolute Gasteiger partial charge is 0.234 e. The average molecular weight is 407 g/mol. The zero-order chi connectivity index (χ0) is 20.9. The minimum Gasteiger partial charge on any atom is -0.497 e. The van der Waals surface area contributed by atoms with Gasteiger partial charge in [-0.3, -0.25) is 9.69 Å². The fourth-order valence-electron chi connectivity index (χ4n) is 4.11. The zero-order valence-corrected chi connectivity index (χ0v) is 17.7. The number of hydrogen-bond donors (Lipinski definition) is 2. The van der Waals surface area contributed by atoms with E-state index in [9.17, 15) is 4.79 Å². The van der Waals surface area contributed by atoms with E-state index in [2.05, 4.69) is 63.7 Å². The molecular weight excluding hydrogens is 376 g/mol. The Morgan fingerprint density at radius 2 is 1.83 bits per heavy atom. The monoisotopic (exact) mass is 406 g/mol. The van der Waals surface area contributed by atoms with Crippen molar-refractivity contribution < 1.29 is 9.53 Å². The number of rotatable bonds is 7. The summed E-state index contributed by atoms with van der Waals surface area (Å²) >= 11 is 0. The van der Waals surface area contributed by atoms with Gasteiger partial charge in [0.2, 0.25) is 5.91 Å². The van der Waals surface area contributed by atoms with Crippen LogP contribution in [0.5, 0.6) is 5.75 Å². The van der Waals surface area contributed by atoms with Crippen LogP contribution in [0.3, 0.4) is 0 Å². The third-order valence-corrected chi connectivity index (χ3v) is 5.98. The molecule has 0 radical (unpaired) electrons. The Bertz CT molecular complexity index is 974. The first-order valence-corrected chi connectivity index (χ1v) is 10.5. The molecule has 1 fully saturated rings. The number of aromatic amines is 1. The molecule has 1 saturated heterocycles. The number of fused-ring (bicyclic) bond motifs is 1. The predicted octanol–water partition coefficient (Wildman–Crippen LogP) is 2.67. The van der Waals surface area contributed by atoms with Gasteiger partial charge in [0.05, 0.1) is 13.7 Å². The lowest BCUT2D eigenvalue weighted by Gasteiger charge is -2.31. The fourth-order valence-corrected chi connectivity index (χ4v) is 4.11. The maximum absolute atomic E-state index is 12.7. The Morgan fingerprint density at radius 3 is 2.57 bits per heavy atom. The molecule has 30 heavy (non-hydrogen) atoms. The summed E-state index contributed by atoms with van der Waals surface area (Å²) in [5, 5.41) is 4.37. The molecule has 1 aromatic heterocycles. The Balaban J connectivity index is 1.51. The molecule has 0 saturated carbocycles. The van der Waals surface area contributed by atoms with Gasteiger partial charge in [-0.25, -0.2) is 0 Å². The summed E-state index contributed by atoms with van der Waals surface area (Å²) in [6.07, 6.45) is 2.06. The van der Waals surface area contributed by atoms with E-state index in [1.807, 2.05) is 18.2 Å². The van der Waals surface area contributed by atoms with Gasteiger partial charge in [0.15, 0.2) is 0 Å². The number of aromatic nitrogens is 1. The molecule has 1 amide bonds. The molecule has 3 aromatic rings. The summed E-state index contributed by atoms with van der Waals surface area (Å²) in [5.41, 5.74) is 3.45. The highest BCUT2D eigenvalue weighted by atomic mass is 16.5. The van der Waals surface area contributed by atoms with Crippen molar-refractivity contribution in [3.05, 3.63) is 65.9 Å². The number of nitrogens with zero attached hydrogens (tertiary/aromatic N) is 2. The second kappa shape index (κ2) is 9.32. The van der Waals surface area contributed by atoms with Gasteiger partial charge in [-0.05, 0) is 36.4 Å². The number of likely N-dealkylation sites (N-methyl/N-ethyl adjacent to an activating group) is 1. The standard InChI is InChI=1S/C24H30N4O2/c1-27-11-13-28(14-12-27)17-24(29)26-15-21(18-7-9-19(30-2)10-8-18)22-16-25-23-6-4-3-5-20(22)23/h3-10,16,21,25H,11-15,17H2,1-2H3,(H,26,29)/t21-/m1/s1. The number of methoxy groups -OCH3 is 1. The van der Waals surface area contributed by atoms with Crippen LogP contribution in [-0.4, -0.2) is 74.1 Å². The number of para-hydroxylation sites is 1. The molecule has 1 atom stereocenters. The molecule has 0 bridgehead atoms. The summed E-state index contributed by atoms with van der Waals surface area (Å²) in [4.78, 5) is 20.6. The van der Waals surface area contributed by atoms with E-state index >= 15 is 0 Å². The maximum Gasteiger partial charge on any atom is 0.234 e. The Hall–Kier alpha value is -2.83. The van der Waals surface area contributed by atoms with Gasteiger partial charge >= 0.3 is 0 Å². The summed E-state index contributed by atoms with van der Waals surface area (Å²) < 4.78 is 5.32. The average Bonchev–Trinajstić information content (AvgIpc) is 3.20. The largest absolute Gasteiger partial charge is 0.497 e. The summed E-state index contributed by atoms with van der Waals surface area (Å²) in [6, 6.07) is 16.4. The summed E-state index contributed by atoms with van der Waals surface area (Å²) in [7, 11) is 3.79. The Morgan fingerprint density at radius 1 is 1.10 bits per heavy atom. The van der Waals surface area contributed by atoms with Gasteiger partial charge in [0.1, 0.15) is 5.75 Å². The van der Waals surface area contributed by atoms with Crippen LogP contribution in [-0.2, 0) is 4.79 Å². The molecule has 2 aromatic carbocycles. The van der Waals surface area contributed by atoms with E-state index in [4.69, 9.17) is 4.74 Å². The van der Waals surface area contributed by atoms with Gasteiger partial charge in [-0.1, -0.05) is 30.3 Å². The number of hydrogen-bond acceptors (Lipinski definition) is 4. The van der Waals surface area contributed by atoms with Gasteiger partial charge in [-0.15, -0.1) is 0 Å². The van der Waals surface area contributed by atoms with Crippen LogP contribution in [0.4, 0.5) is 0 Å². The molecule has 4 rings (SSSR count). The number of benzene rings is 2. The van der Waals surface area contributed by atoms with Crippen LogP contribution in [0, 0.1) is 0 Å². The summed E-state index contributed by atoms with van der Waals surface area (Å²) in [5.74, 6) is 0.969. The van der Waals surface area contributed by atoms with Crippen LogP contribution in [0.25, 0.3) is 10.9 Å². The maximum atomic E-state index is 12.7. The van der Waals surface area contributed by atoms with Gasteiger partial charge < -0.3 is 19.9 Å². The van der Waals surface area contributed by atoms with Crippen LogP contribution in [0.2, 0.25) is 0 Å². The first-order valence-electron chi connectivity index (χ1n) is 10.5. The highest BCUT2D eigenvalue weighted by molar-refractivity contribution is 5.84. The zero-order valence-electron chi connectivity index (χ0n) is 17.7. The minimum absolute atomic E-state index is 0.0588. The molecular formula is C24H30N4O2. The lowest BCUT2D eigenvalue weighted by molar-refractivity contribution is -0.122. The minimum atomic E-state index is 0.0588. The van der Waals surface area contributed by atoms with Gasteiger partial charge in [-0.2, -0.15) is 0 Å². The Labute approximate surface area is 177 Å². The molecule has 2 N–H and O–H groups in total. The van der Waals surface area contributed by atoms with Crippen molar-refractivity contribution in [1.82, 2.24) is 20.1 Å².